The number of hydrogen-bond donors (Lipinski definition) is 4. The second-order valence-electron chi connectivity index (χ2n) is 17.5. The average molecular weight is 714 g/mol. The summed E-state index contributed by atoms with van der Waals surface area (Å²) in [5.41, 5.74) is 15.9. The summed E-state index contributed by atoms with van der Waals surface area (Å²) in [6, 6.07) is 13.1. The molecule has 276 valence electrons. The third-order valence-corrected chi connectivity index (χ3v) is 10.6. The van der Waals surface area contributed by atoms with Crippen molar-refractivity contribution in [3.63, 3.8) is 0 Å². The van der Waals surface area contributed by atoms with Crippen molar-refractivity contribution < 1.29 is 24.8 Å². The fraction of sp³-hybridized carbons (Fsp3) is 0.467. The Balaban J connectivity index is 0.00000226. The van der Waals surface area contributed by atoms with Gasteiger partial charge in [0, 0.05) is 0 Å². The molecule has 0 saturated heterocycles. The second kappa shape index (κ2) is 15.5. The Bertz CT molecular complexity index is 1840. The van der Waals surface area contributed by atoms with Crippen molar-refractivity contribution in [2.24, 2.45) is 0 Å². The molecule has 0 amide bonds. The fourth-order valence-electron chi connectivity index (χ4n) is 7.37. The molecule has 0 aliphatic rings. The van der Waals surface area contributed by atoms with E-state index in [0.29, 0.717) is 36.5 Å². The number of aryl methyl sites for hydroxylation is 3. The molecular weight excluding hydrogens is 651 g/mol. The molecule has 4 aromatic carbocycles. The summed E-state index contributed by atoms with van der Waals surface area (Å²) < 4.78 is 8.51. The number of phenolic OH excluding ortho intramolecular Hbond substituents is 3. The molecule has 0 heterocycles. The van der Waals surface area contributed by atoms with E-state index >= 15 is 0 Å². The highest BCUT2D eigenvalue weighted by molar-refractivity contribution is 7.16. The van der Waals surface area contributed by atoms with Gasteiger partial charge in [0.15, 0.2) is 0 Å². The number of aromatic hydroxyl groups is 3. The lowest BCUT2D eigenvalue weighted by Crippen LogP contribution is -2.15. The normalized spacial score (nSPS) is 12.2. The minimum absolute atomic E-state index is 0.163. The van der Waals surface area contributed by atoms with Crippen LogP contribution in [0.4, 0.5) is 0 Å². The van der Waals surface area contributed by atoms with Crippen LogP contribution in [-0.2, 0) is 40.1 Å². The van der Waals surface area contributed by atoms with E-state index in [9.17, 15) is 15.3 Å². The van der Waals surface area contributed by atoms with Crippen molar-refractivity contribution in [2.75, 3.05) is 0 Å². The zero-order chi connectivity index (χ0) is 39.0. The topological polar surface area (TPSA) is 98.0 Å². The van der Waals surface area contributed by atoms with Crippen LogP contribution in [-0.4, -0.2) is 20.2 Å². The van der Waals surface area contributed by atoms with E-state index in [1.807, 2.05) is 20.8 Å². The summed E-state index contributed by atoms with van der Waals surface area (Å²) in [7, 11) is -1.17. The lowest BCUT2D eigenvalue weighted by molar-refractivity contribution is 0.441. The van der Waals surface area contributed by atoms with E-state index in [4.69, 9.17) is 9.46 Å². The van der Waals surface area contributed by atoms with Crippen molar-refractivity contribution in [3.05, 3.63) is 120 Å². The zero-order valence-electron chi connectivity index (χ0n) is 33.8. The molecule has 6 heteroatoms. The zero-order valence-corrected chi connectivity index (χ0v) is 34.8. The molecule has 0 aliphatic heterocycles. The van der Waals surface area contributed by atoms with Gasteiger partial charge in [-0.1, -0.05) is 98.7 Å². The Morgan fingerprint density at radius 2 is 0.745 bits per heavy atom. The SMILES string of the molecule is Cc1cc(C(C)(C)C)c(O)c(C)c1Cc1cccc(Cc2c(C)cc(C(C)(C)C)c(O)c2C)c1Cc1c(C)cc(C(C)(C)C)c(O)c1C.O=[PH+]O. The van der Waals surface area contributed by atoms with E-state index in [1.54, 1.807) is 0 Å². The minimum Gasteiger partial charge on any atom is -0.507 e. The van der Waals surface area contributed by atoms with E-state index < -0.39 is 8.69 Å². The van der Waals surface area contributed by atoms with Gasteiger partial charge >= 0.3 is 8.69 Å². The highest BCUT2D eigenvalue weighted by Crippen LogP contribution is 2.41. The molecule has 4 rings (SSSR count). The van der Waals surface area contributed by atoms with Gasteiger partial charge in [-0.2, -0.15) is 4.89 Å². The largest absolute Gasteiger partial charge is 0.507 e. The molecule has 1 atom stereocenters. The van der Waals surface area contributed by atoms with E-state index in [1.165, 1.54) is 33.4 Å². The number of rotatable bonds is 6. The molecule has 51 heavy (non-hydrogen) atoms. The van der Waals surface area contributed by atoms with Gasteiger partial charge in [0.05, 0.1) is 0 Å². The molecular formula is C45H62O5P+. The van der Waals surface area contributed by atoms with Gasteiger partial charge < -0.3 is 15.3 Å². The Kier molecular flexibility index (Phi) is 12.7. The molecule has 0 fully saturated rings. The maximum atomic E-state index is 11.5. The predicted octanol–water partition coefficient (Wildman–Crippen LogP) is 11.2. The van der Waals surface area contributed by atoms with Crippen molar-refractivity contribution in [1.82, 2.24) is 0 Å². The molecule has 0 saturated carbocycles. The van der Waals surface area contributed by atoms with Gasteiger partial charge in [-0.05, 0) is 165 Å². The van der Waals surface area contributed by atoms with E-state index in [2.05, 4.69) is 119 Å². The lowest BCUT2D eigenvalue weighted by Gasteiger charge is -2.27. The predicted molar refractivity (Wildman–Crippen MR) is 215 cm³/mol. The van der Waals surface area contributed by atoms with Crippen molar-refractivity contribution >= 4 is 8.69 Å². The minimum atomic E-state index is -1.17. The third-order valence-electron chi connectivity index (χ3n) is 10.6. The lowest BCUT2D eigenvalue weighted by atomic mass is 9.79. The Labute approximate surface area is 309 Å². The van der Waals surface area contributed by atoms with Gasteiger partial charge in [0.2, 0.25) is 0 Å². The number of phenols is 3. The van der Waals surface area contributed by atoms with Crippen LogP contribution in [0, 0.1) is 41.5 Å². The molecule has 0 aromatic heterocycles. The second-order valence-corrected chi connectivity index (χ2v) is 17.7. The summed E-state index contributed by atoms with van der Waals surface area (Å²) in [4.78, 5) is 7.04. The number of hydrogen-bond acceptors (Lipinski definition) is 4. The van der Waals surface area contributed by atoms with Crippen LogP contribution in [0.3, 0.4) is 0 Å². The average Bonchev–Trinajstić information content (AvgIpc) is 3.00. The van der Waals surface area contributed by atoms with Crippen LogP contribution in [0.2, 0.25) is 0 Å². The molecule has 0 bridgehead atoms. The van der Waals surface area contributed by atoms with Gasteiger partial charge in [-0.3, -0.25) is 0 Å². The molecule has 0 radical (unpaired) electrons. The number of benzene rings is 4. The maximum absolute atomic E-state index is 11.5. The van der Waals surface area contributed by atoms with E-state index in [0.717, 1.165) is 50.1 Å². The Hall–Kier alpha value is -3.66. The molecule has 4 N–H and O–H groups in total. The first-order valence-electron chi connectivity index (χ1n) is 17.9. The first-order chi connectivity index (χ1) is 23.4. The van der Waals surface area contributed by atoms with Gasteiger partial charge in [0.25, 0.3) is 0 Å². The molecule has 4 aromatic rings. The van der Waals surface area contributed by atoms with Crippen LogP contribution >= 0.6 is 8.69 Å². The summed E-state index contributed by atoms with van der Waals surface area (Å²) in [5.74, 6) is 1.15. The molecule has 0 aliphatic carbocycles. The molecule has 5 nitrogen and oxygen atoms in total. The smallest absolute Gasteiger partial charge is 0.491 e. The van der Waals surface area contributed by atoms with Gasteiger partial charge in [-0.25, -0.2) is 0 Å². The van der Waals surface area contributed by atoms with Crippen LogP contribution in [0.25, 0.3) is 0 Å². The molecule has 0 spiro atoms. The van der Waals surface area contributed by atoms with Crippen LogP contribution in [0.5, 0.6) is 17.2 Å². The highest BCUT2D eigenvalue weighted by atomic mass is 31.1. The fourth-order valence-corrected chi connectivity index (χ4v) is 7.37. The summed E-state index contributed by atoms with van der Waals surface area (Å²) >= 11 is 0. The standard InChI is InChI=1S/C45H60O3.HO2P/c1-25-19-37(43(7,8)9)40(46)28(4)33(25)22-31-17-16-18-32(23-34-26(2)20-38(44(10,11)12)41(47)29(34)5)36(31)24-35-27(3)21-39(45(13,14)15)42(48)30(35)6;1-3-2/h16-21,46-48H,22-24H2,1-15H3;3H/p+1. The first-order valence-corrected chi connectivity index (χ1v) is 18.8. The Morgan fingerprint density at radius 3 is 1.00 bits per heavy atom. The maximum Gasteiger partial charge on any atom is 0.491 e. The van der Waals surface area contributed by atoms with Crippen LogP contribution in [0.1, 0.15) is 146 Å². The summed E-state index contributed by atoms with van der Waals surface area (Å²) in [6.07, 6.45) is 2.06. The van der Waals surface area contributed by atoms with Gasteiger partial charge in [0.1, 0.15) is 17.2 Å². The monoisotopic (exact) mass is 713 g/mol. The van der Waals surface area contributed by atoms with Gasteiger partial charge in [-0.15, -0.1) is 0 Å². The summed E-state index contributed by atoms with van der Waals surface area (Å²) in [6.45, 7) is 31.9. The molecule has 1 unspecified atom stereocenters. The quantitative estimate of drug-likeness (QED) is 0.149. The van der Waals surface area contributed by atoms with Crippen molar-refractivity contribution in [1.29, 1.82) is 0 Å². The van der Waals surface area contributed by atoms with Crippen LogP contribution in [0.15, 0.2) is 36.4 Å². The van der Waals surface area contributed by atoms with Crippen molar-refractivity contribution in [3.8, 4) is 17.2 Å². The van der Waals surface area contributed by atoms with Crippen LogP contribution < -0.4 is 0 Å². The summed E-state index contributed by atoms with van der Waals surface area (Å²) in [5, 5.41) is 34.2. The Morgan fingerprint density at radius 1 is 0.490 bits per heavy atom. The van der Waals surface area contributed by atoms with Crippen molar-refractivity contribution in [2.45, 2.75) is 139 Å². The third kappa shape index (κ3) is 9.05. The first kappa shape index (κ1) is 41.8. The highest BCUT2D eigenvalue weighted by Gasteiger charge is 2.27. The van der Waals surface area contributed by atoms with E-state index in [-0.39, 0.29) is 16.2 Å².